The van der Waals surface area contributed by atoms with Gasteiger partial charge in [0, 0.05) is 30.3 Å². The Kier molecular flexibility index (Phi) is 3.51. The van der Waals surface area contributed by atoms with Gasteiger partial charge in [0.05, 0.1) is 12.2 Å². The van der Waals surface area contributed by atoms with Crippen LogP contribution in [0.15, 0.2) is 35.4 Å². The quantitative estimate of drug-likeness (QED) is 0.788. The van der Waals surface area contributed by atoms with Crippen LogP contribution >= 0.6 is 15.9 Å². The van der Waals surface area contributed by atoms with Gasteiger partial charge in [-0.3, -0.25) is 9.48 Å². The summed E-state index contributed by atoms with van der Waals surface area (Å²) in [4.78, 5) is 11.4. The molecule has 0 spiro atoms. The van der Waals surface area contributed by atoms with Crippen molar-refractivity contribution in [3.8, 4) is 0 Å². The predicted molar refractivity (Wildman–Crippen MR) is 63.4 cm³/mol. The lowest BCUT2D eigenvalue weighted by atomic mass is 10.4. The van der Waals surface area contributed by atoms with Crippen molar-refractivity contribution >= 4 is 15.9 Å². The lowest BCUT2D eigenvalue weighted by Gasteiger charge is -2.03. The molecular formula is C10H11BrN4O. The van der Waals surface area contributed by atoms with Crippen molar-refractivity contribution in [1.82, 2.24) is 19.6 Å². The number of aromatic nitrogens is 4. The fraction of sp³-hybridized carbons (Fsp3) is 0.300. The lowest BCUT2D eigenvalue weighted by Crippen LogP contribution is -2.20. The van der Waals surface area contributed by atoms with Gasteiger partial charge in [0.25, 0.3) is 5.56 Å². The van der Waals surface area contributed by atoms with Gasteiger partial charge in [0.2, 0.25) is 0 Å². The SMILES string of the molecule is O=c1ccccn1CCn1cc(CBr)nn1. The van der Waals surface area contributed by atoms with Crippen LogP contribution in [0.4, 0.5) is 0 Å². The summed E-state index contributed by atoms with van der Waals surface area (Å²) in [5.41, 5.74) is 0.892. The summed E-state index contributed by atoms with van der Waals surface area (Å²) in [6.45, 7) is 1.24. The van der Waals surface area contributed by atoms with Gasteiger partial charge in [-0.15, -0.1) is 5.10 Å². The van der Waals surface area contributed by atoms with Crippen LogP contribution in [0.2, 0.25) is 0 Å². The van der Waals surface area contributed by atoms with E-state index in [1.807, 2.05) is 12.3 Å². The maximum absolute atomic E-state index is 11.4. The van der Waals surface area contributed by atoms with E-state index in [1.165, 1.54) is 0 Å². The first kappa shape index (κ1) is 11.1. The minimum absolute atomic E-state index is 0.00308. The summed E-state index contributed by atoms with van der Waals surface area (Å²) in [7, 11) is 0. The number of halogens is 1. The molecule has 0 atom stereocenters. The maximum Gasteiger partial charge on any atom is 0.250 e. The molecule has 0 bridgehead atoms. The molecule has 2 aromatic rings. The van der Waals surface area contributed by atoms with Crippen LogP contribution in [0.5, 0.6) is 0 Å². The number of nitrogens with zero attached hydrogens (tertiary/aromatic N) is 4. The molecule has 0 aliphatic rings. The molecule has 0 fully saturated rings. The predicted octanol–water partition coefficient (Wildman–Crippen LogP) is 1.03. The summed E-state index contributed by atoms with van der Waals surface area (Å²) < 4.78 is 3.38. The largest absolute Gasteiger partial charge is 0.314 e. The van der Waals surface area contributed by atoms with Gasteiger partial charge in [0.1, 0.15) is 0 Å². The third kappa shape index (κ3) is 2.57. The van der Waals surface area contributed by atoms with Crippen molar-refractivity contribution in [3.63, 3.8) is 0 Å². The molecular weight excluding hydrogens is 272 g/mol. The number of rotatable bonds is 4. The highest BCUT2D eigenvalue weighted by Crippen LogP contribution is 1.99. The van der Waals surface area contributed by atoms with Gasteiger partial charge in [-0.1, -0.05) is 27.2 Å². The first-order valence-electron chi connectivity index (χ1n) is 4.90. The number of hydrogen-bond acceptors (Lipinski definition) is 3. The minimum Gasteiger partial charge on any atom is -0.314 e. The maximum atomic E-state index is 11.4. The van der Waals surface area contributed by atoms with Crippen molar-refractivity contribution in [2.75, 3.05) is 0 Å². The summed E-state index contributed by atoms with van der Waals surface area (Å²) in [6, 6.07) is 5.12. The zero-order valence-electron chi connectivity index (χ0n) is 8.58. The second-order valence-electron chi connectivity index (χ2n) is 3.34. The molecule has 16 heavy (non-hydrogen) atoms. The minimum atomic E-state index is 0.00308. The average Bonchev–Trinajstić information content (AvgIpc) is 2.76. The van der Waals surface area contributed by atoms with E-state index < -0.39 is 0 Å². The monoisotopic (exact) mass is 282 g/mol. The summed E-state index contributed by atoms with van der Waals surface area (Å²) in [6.07, 6.45) is 3.63. The molecule has 6 heteroatoms. The molecule has 0 aliphatic carbocycles. The smallest absolute Gasteiger partial charge is 0.250 e. The summed E-state index contributed by atoms with van der Waals surface area (Å²) in [5, 5.41) is 8.59. The van der Waals surface area contributed by atoms with E-state index in [1.54, 1.807) is 27.6 Å². The van der Waals surface area contributed by atoms with Crippen LogP contribution in [0.3, 0.4) is 0 Å². The molecule has 5 nitrogen and oxygen atoms in total. The second-order valence-corrected chi connectivity index (χ2v) is 3.90. The Morgan fingerprint density at radius 3 is 2.88 bits per heavy atom. The Labute approximate surface area is 101 Å². The van der Waals surface area contributed by atoms with Crippen molar-refractivity contribution in [3.05, 3.63) is 46.6 Å². The molecule has 2 rings (SSSR count). The van der Waals surface area contributed by atoms with Gasteiger partial charge in [0.15, 0.2) is 0 Å². The molecule has 2 aromatic heterocycles. The average molecular weight is 283 g/mol. The van der Waals surface area contributed by atoms with Gasteiger partial charge in [-0.2, -0.15) is 0 Å². The van der Waals surface area contributed by atoms with Gasteiger partial charge >= 0.3 is 0 Å². The fourth-order valence-corrected chi connectivity index (χ4v) is 1.62. The van der Waals surface area contributed by atoms with Crippen molar-refractivity contribution < 1.29 is 0 Å². The first-order valence-corrected chi connectivity index (χ1v) is 6.02. The summed E-state index contributed by atoms with van der Waals surface area (Å²) >= 11 is 3.31. The van der Waals surface area contributed by atoms with Crippen LogP contribution in [0.25, 0.3) is 0 Å². The van der Waals surface area contributed by atoms with Crippen LogP contribution in [0, 0.1) is 0 Å². The first-order chi connectivity index (χ1) is 7.79. The zero-order chi connectivity index (χ0) is 11.4. The van der Waals surface area contributed by atoms with Crippen molar-refractivity contribution in [2.45, 2.75) is 18.4 Å². The van der Waals surface area contributed by atoms with Crippen LogP contribution < -0.4 is 5.56 Å². The zero-order valence-corrected chi connectivity index (χ0v) is 10.2. The van der Waals surface area contributed by atoms with Gasteiger partial charge in [-0.25, -0.2) is 0 Å². The number of aryl methyl sites for hydroxylation is 2. The molecule has 84 valence electrons. The van der Waals surface area contributed by atoms with E-state index in [0.717, 1.165) is 5.69 Å². The molecule has 0 radical (unpaired) electrons. The van der Waals surface area contributed by atoms with Crippen LogP contribution in [-0.4, -0.2) is 19.6 Å². The highest BCUT2D eigenvalue weighted by molar-refractivity contribution is 9.08. The third-order valence-corrected chi connectivity index (χ3v) is 2.77. The van der Waals surface area contributed by atoms with Gasteiger partial charge in [-0.05, 0) is 6.07 Å². The van der Waals surface area contributed by atoms with Crippen molar-refractivity contribution in [1.29, 1.82) is 0 Å². The fourth-order valence-electron chi connectivity index (χ4n) is 1.36. The van der Waals surface area contributed by atoms with Crippen LogP contribution in [-0.2, 0) is 18.4 Å². The van der Waals surface area contributed by atoms with E-state index in [0.29, 0.717) is 18.4 Å². The molecule has 0 saturated heterocycles. The van der Waals surface area contributed by atoms with E-state index in [9.17, 15) is 4.79 Å². The highest BCUT2D eigenvalue weighted by Gasteiger charge is 1.99. The second kappa shape index (κ2) is 5.07. The number of hydrogen-bond donors (Lipinski definition) is 0. The Bertz CT molecular complexity index is 519. The normalized spacial score (nSPS) is 10.6. The third-order valence-electron chi connectivity index (χ3n) is 2.19. The molecule has 2 heterocycles. The topological polar surface area (TPSA) is 52.7 Å². The van der Waals surface area contributed by atoms with E-state index in [4.69, 9.17) is 0 Å². The van der Waals surface area contributed by atoms with E-state index in [-0.39, 0.29) is 5.56 Å². The molecule has 0 amide bonds. The summed E-state index contributed by atoms with van der Waals surface area (Å²) in [5.74, 6) is 0. The standard InChI is InChI=1S/C10H11BrN4O/c11-7-9-8-15(13-12-9)6-5-14-4-2-1-3-10(14)16/h1-4,8H,5-7H2. The van der Waals surface area contributed by atoms with E-state index in [2.05, 4.69) is 26.2 Å². The van der Waals surface area contributed by atoms with Crippen LogP contribution in [0.1, 0.15) is 5.69 Å². The molecule has 0 saturated carbocycles. The lowest BCUT2D eigenvalue weighted by molar-refractivity contribution is 0.511. The molecule has 0 N–H and O–H groups in total. The number of pyridine rings is 1. The molecule has 0 aliphatic heterocycles. The molecule has 0 aromatic carbocycles. The highest BCUT2D eigenvalue weighted by atomic mass is 79.9. The number of alkyl halides is 1. The Morgan fingerprint density at radius 2 is 2.19 bits per heavy atom. The molecule has 0 unspecified atom stereocenters. The Morgan fingerprint density at radius 1 is 1.31 bits per heavy atom. The van der Waals surface area contributed by atoms with E-state index >= 15 is 0 Å². The van der Waals surface area contributed by atoms with Gasteiger partial charge < -0.3 is 4.57 Å². The Balaban J connectivity index is 2.02. The Hall–Kier alpha value is -1.43. The van der Waals surface area contributed by atoms with Crippen molar-refractivity contribution in [2.24, 2.45) is 0 Å².